The largest absolute Gasteiger partial charge is 0.462 e. The van der Waals surface area contributed by atoms with E-state index in [0.29, 0.717) is 29.2 Å². The number of imidazole rings is 1. The van der Waals surface area contributed by atoms with E-state index in [9.17, 15) is 9.36 Å². The summed E-state index contributed by atoms with van der Waals surface area (Å²) in [4.78, 5) is 25.0. The van der Waals surface area contributed by atoms with Crippen LogP contribution >= 0.6 is 7.75 Å². The van der Waals surface area contributed by atoms with Gasteiger partial charge in [-0.25, -0.2) is 14.6 Å². The van der Waals surface area contributed by atoms with E-state index in [2.05, 4.69) is 25.4 Å². The van der Waals surface area contributed by atoms with Crippen molar-refractivity contribution in [2.24, 2.45) is 5.92 Å². The zero-order valence-corrected chi connectivity index (χ0v) is 22.1. The minimum atomic E-state index is -3.94. The molecule has 200 valence electrons. The summed E-state index contributed by atoms with van der Waals surface area (Å²) >= 11 is 0. The van der Waals surface area contributed by atoms with Gasteiger partial charge < -0.3 is 25.0 Å². The molecule has 1 aliphatic rings. The molecule has 0 bridgehead atoms. The number of para-hydroxylation sites is 1. The summed E-state index contributed by atoms with van der Waals surface area (Å²) in [5, 5.41) is 5.56. The first-order chi connectivity index (χ1) is 17.7. The molecule has 4 rings (SSSR count). The Labute approximate surface area is 214 Å². The van der Waals surface area contributed by atoms with Gasteiger partial charge in [-0.05, 0) is 32.4 Å². The maximum Gasteiger partial charge on any atom is 0.459 e. The fraction of sp³-hybridized carbons (Fsp3) is 0.478. The van der Waals surface area contributed by atoms with Gasteiger partial charge in [0.2, 0.25) is 5.95 Å². The summed E-state index contributed by atoms with van der Waals surface area (Å²) in [6.45, 7) is 5.10. The Bertz CT molecular complexity index is 1270. The second kappa shape index (κ2) is 11.4. The first kappa shape index (κ1) is 26.8. The number of nitrogen functional groups attached to an aromatic ring is 1. The van der Waals surface area contributed by atoms with E-state index in [1.54, 1.807) is 62.1 Å². The molecule has 4 atom stereocenters. The molecule has 0 amide bonds. The zero-order chi connectivity index (χ0) is 26.6. The van der Waals surface area contributed by atoms with Crippen LogP contribution < -0.4 is 20.7 Å². The number of carbonyl (C=O) groups is 1. The molecule has 4 N–H and O–H groups in total. The Hall–Kier alpha value is -3.25. The third-order valence-corrected chi connectivity index (χ3v) is 7.07. The van der Waals surface area contributed by atoms with Gasteiger partial charge in [-0.2, -0.15) is 9.97 Å². The Kier molecular flexibility index (Phi) is 8.28. The summed E-state index contributed by atoms with van der Waals surface area (Å²) in [6, 6.07) is 8.57. The highest BCUT2D eigenvalue weighted by atomic mass is 31.2. The van der Waals surface area contributed by atoms with Crippen molar-refractivity contribution in [3.8, 4) is 5.75 Å². The molecule has 3 heterocycles. The van der Waals surface area contributed by atoms with Crippen molar-refractivity contribution in [2.45, 2.75) is 45.6 Å². The highest BCUT2D eigenvalue weighted by Crippen LogP contribution is 2.45. The Morgan fingerprint density at radius 3 is 2.76 bits per heavy atom. The van der Waals surface area contributed by atoms with Crippen LogP contribution in [-0.2, 0) is 23.4 Å². The van der Waals surface area contributed by atoms with E-state index in [0.717, 1.165) is 0 Å². The Balaban J connectivity index is 1.46. The molecule has 3 aromatic rings. The quantitative estimate of drug-likeness (QED) is 0.244. The zero-order valence-electron chi connectivity index (χ0n) is 21.2. The van der Waals surface area contributed by atoms with Gasteiger partial charge in [-0.15, -0.1) is 0 Å². The predicted molar refractivity (Wildman–Crippen MR) is 137 cm³/mol. The highest BCUT2D eigenvalue weighted by Gasteiger charge is 2.37. The van der Waals surface area contributed by atoms with Crippen LogP contribution in [0.3, 0.4) is 0 Å². The molecule has 0 radical (unpaired) electrons. The SMILES string of the molecule is CNc1nc(N)nc2c1ncn2[C@@H]1OC(CO[P@@](=O)(NCC(=O)OC(C)C)Oc2ccccc2)C[C@@H]1C. The number of carbonyl (C=O) groups excluding carboxylic acids is 1. The van der Waals surface area contributed by atoms with Crippen LogP contribution in [0.2, 0.25) is 0 Å². The molecule has 1 fully saturated rings. The lowest BCUT2D eigenvalue weighted by Crippen LogP contribution is -2.28. The smallest absolute Gasteiger partial charge is 0.459 e. The minimum Gasteiger partial charge on any atom is -0.462 e. The average Bonchev–Trinajstić information content (AvgIpc) is 3.44. The lowest BCUT2D eigenvalue weighted by molar-refractivity contribution is -0.145. The number of nitrogens with one attached hydrogen (secondary N) is 2. The average molecular weight is 534 g/mol. The van der Waals surface area contributed by atoms with E-state index >= 15 is 0 Å². The van der Waals surface area contributed by atoms with Gasteiger partial charge in [-0.1, -0.05) is 25.1 Å². The topological polar surface area (TPSA) is 165 Å². The van der Waals surface area contributed by atoms with E-state index in [1.165, 1.54) is 0 Å². The first-order valence-electron chi connectivity index (χ1n) is 11.9. The second-order valence-electron chi connectivity index (χ2n) is 8.94. The van der Waals surface area contributed by atoms with Crippen LogP contribution in [0.1, 0.15) is 33.4 Å². The van der Waals surface area contributed by atoms with Crippen molar-refractivity contribution in [2.75, 3.05) is 31.2 Å². The molecule has 37 heavy (non-hydrogen) atoms. The van der Waals surface area contributed by atoms with E-state index < -0.39 is 26.0 Å². The van der Waals surface area contributed by atoms with Crippen molar-refractivity contribution in [3.05, 3.63) is 36.7 Å². The Morgan fingerprint density at radius 1 is 1.30 bits per heavy atom. The molecule has 0 aliphatic carbocycles. The first-order valence-corrected chi connectivity index (χ1v) is 13.5. The van der Waals surface area contributed by atoms with Crippen LogP contribution in [0.15, 0.2) is 36.7 Å². The maximum atomic E-state index is 13.5. The number of hydrogen-bond donors (Lipinski definition) is 3. The molecular formula is C23H32N7O6P. The fourth-order valence-corrected chi connectivity index (χ4v) is 5.32. The van der Waals surface area contributed by atoms with Gasteiger partial charge in [0.05, 0.1) is 25.1 Å². The lowest BCUT2D eigenvalue weighted by Gasteiger charge is -2.22. The van der Waals surface area contributed by atoms with Crippen molar-refractivity contribution < 1.29 is 27.9 Å². The number of rotatable bonds is 11. The van der Waals surface area contributed by atoms with Crippen LogP contribution in [0.25, 0.3) is 11.2 Å². The minimum absolute atomic E-state index is 0.0390. The summed E-state index contributed by atoms with van der Waals surface area (Å²) in [5.41, 5.74) is 6.99. The Morgan fingerprint density at radius 2 is 2.05 bits per heavy atom. The summed E-state index contributed by atoms with van der Waals surface area (Å²) in [6.07, 6.45) is 1.14. The van der Waals surface area contributed by atoms with Gasteiger partial charge in [0, 0.05) is 13.0 Å². The lowest BCUT2D eigenvalue weighted by atomic mass is 10.1. The molecule has 13 nitrogen and oxygen atoms in total. The standard InChI is InChI=1S/C23H32N7O6P/c1-14(2)34-18(31)11-27-37(32,36-16-8-6-5-7-9-16)33-12-17-10-15(3)22(35-17)30-13-26-19-20(25-4)28-23(24)29-21(19)30/h5-9,13-15,17,22H,10-12H2,1-4H3,(H,27,32)(H3,24,25,28,29)/t15-,17?,22+,37-/m0/s1. The second-order valence-corrected chi connectivity index (χ2v) is 10.7. The number of aromatic nitrogens is 4. The van der Waals surface area contributed by atoms with Crippen LogP contribution in [0.4, 0.5) is 11.8 Å². The van der Waals surface area contributed by atoms with Crippen molar-refractivity contribution in [3.63, 3.8) is 0 Å². The number of ether oxygens (including phenoxy) is 2. The van der Waals surface area contributed by atoms with Crippen molar-refractivity contribution in [1.82, 2.24) is 24.6 Å². The number of benzene rings is 1. The van der Waals surface area contributed by atoms with E-state index in [4.69, 9.17) is 24.3 Å². The van der Waals surface area contributed by atoms with Crippen molar-refractivity contribution >= 4 is 36.6 Å². The molecule has 1 saturated heterocycles. The number of hydrogen-bond acceptors (Lipinski definition) is 11. The molecule has 14 heteroatoms. The molecule has 1 aliphatic heterocycles. The van der Waals surface area contributed by atoms with Gasteiger partial charge in [-0.3, -0.25) is 13.9 Å². The molecule has 1 aromatic carbocycles. The van der Waals surface area contributed by atoms with Crippen LogP contribution in [0.5, 0.6) is 5.75 Å². The third-order valence-electron chi connectivity index (χ3n) is 5.59. The van der Waals surface area contributed by atoms with Gasteiger partial charge >= 0.3 is 13.7 Å². The molecule has 0 spiro atoms. The number of nitrogens with two attached hydrogens (primary N) is 1. The van der Waals surface area contributed by atoms with Crippen LogP contribution in [-0.4, -0.2) is 57.9 Å². The van der Waals surface area contributed by atoms with Crippen molar-refractivity contribution in [1.29, 1.82) is 0 Å². The number of esters is 1. The highest BCUT2D eigenvalue weighted by molar-refractivity contribution is 7.52. The summed E-state index contributed by atoms with van der Waals surface area (Å²) < 4.78 is 38.1. The normalized spacial score (nSPS) is 21.2. The molecular weight excluding hydrogens is 501 g/mol. The summed E-state index contributed by atoms with van der Waals surface area (Å²) in [5.74, 6) is 0.453. The van der Waals surface area contributed by atoms with E-state index in [-0.39, 0.29) is 31.1 Å². The van der Waals surface area contributed by atoms with Crippen LogP contribution in [0, 0.1) is 5.92 Å². The third kappa shape index (κ3) is 6.55. The van der Waals surface area contributed by atoms with E-state index in [1.807, 2.05) is 6.92 Å². The molecule has 1 unspecified atom stereocenters. The van der Waals surface area contributed by atoms with Gasteiger partial charge in [0.1, 0.15) is 18.5 Å². The fourth-order valence-electron chi connectivity index (χ4n) is 4.03. The number of nitrogens with zero attached hydrogens (tertiary/aromatic N) is 4. The number of anilines is 2. The van der Waals surface area contributed by atoms with Gasteiger partial charge in [0.15, 0.2) is 17.0 Å². The molecule has 0 saturated carbocycles. The van der Waals surface area contributed by atoms with Gasteiger partial charge in [0.25, 0.3) is 0 Å². The maximum absolute atomic E-state index is 13.5. The summed E-state index contributed by atoms with van der Waals surface area (Å²) in [7, 11) is -2.21. The predicted octanol–water partition coefficient (Wildman–Crippen LogP) is 3.12. The monoisotopic (exact) mass is 533 g/mol. The number of fused-ring (bicyclic) bond motifs is 1. The molecule has 2 aromatic heterocycles.